The van der Waals surface area contributed by atoms with Crippen molar-refractivity contribution in [3.63, 3.8) is 0 Å². The van der Waals surface area contributed by atoms with Gasteiger partial charge in [0.15, 0.2) is 11.5 Å². The van der Waals surface area contributed by atoms with E-state index in [1.807, 2.05) is 20.8 Å². The third-order valence-corrected chi connectivity index (χ3v) is 6.68. The second-order valence-corrected chi connectivity index (χ2v) is 9.09. The van der Waals surface area contributed by atoms with E-state index in [-0.39, 0.29) is 24.5 Å². The van der Waals surface area contributed by atoms with Gasteiger partial charge in [0.1, 0.15) is 5.69 Å². The SMILES string of the molecule is COc1cc(C(=O)N2CCC3(NCCn4c(C(F)(F)F)ccc43)C(C)C2)ccc1OC(C)C. The molecule has 180 valence electrons. The molecule has 2 aliphatic rings. The topological polar surface area (TPSA) is 55.7 Å². The Bertz CT molecular complexity index is 1030. The highest BCUT2D eigenvalue weighted by Gasteiger charge is 2.48. The molecule has 0 radical (unpaired) electrons. The third-order valence-electron chi connectivity index (χ3n) is 6.68. The number of ether oxygens (including phenoxy) is 2. The summed E-state index contributed by atoms with van der Waals surface area (Å²) in [6.45, 7) is 7.42. The first-order valence-electron chi connectivity index (χ1n) is 11.2. The molecule has 6 nitrogen and oxygen atoms in total. The maximum absolute atomic E-state index is 13.5. The van der Waals surface area contributed by atoms with Gasteiger partial charge in [0.05, 0.1) is 18.8 Å². The van der Waals surface area contributed by atoms with Gasteiger partial charge < -0.3 is 24.3 Å². The predicted molar refractivity (Wildman–Crippen MR) is 118 cm³/mol. The van der Waals surface area contributed by atoms with Gasteiger partial charge in [0.2, 0.25) is 0 Å². The lowest BCUT2D eigenvalue weighted by Gasteiger charge is -2.50. The average molecular weight is 466 g/mol. The van der Waals surface area contributed by atoms with Gasteiger partial charge in [-0.1, -0.05) is 6.92 Å². The largest absolute Gasteiger partial charge is 0.493 e. The molecule has 2 unspecified atom stereocenters. The lowest BCUT2D eigenvalue weighted by Crippen LogP contribution is -2.60. The van der Waals surface area contributed by atoms with Gasteiger partial charge in [0, 0.05) is 37.4 Å². The highest BCUT2D eigenvalue weighted by molar-refractivity contribution is 5.95. The van der Waals surface area contributed by atoms with Crippen molar-refractivity contribution in [1.82, 2.24) is 14.8 Å². The number of likely N-dealkylation sites (tertiary alicyclic amines) is 1. The minimum Gasteiger partial charge on any atom is -0.493 e. The van der Waals surface area contributed by atoms with E-state index in [0.29, 0.717) is 48.8 Å². The van der Waals surface area contributed by atoms with Gasteiger partial charge in [-0.15, -0.1) is 0 Å². The number of fused-ring (bicyclic) bond motifs is 2. The smallest absolute Gasteiger partial charge is 0.431 e. The first kappa shape index (κ1) is 23.5. The summed E-state index contributed by atoms with van der Waals surface area (Å²) in [5, 5.41) is 3.49. The number of amides is 1. The van der Waals surface area contributed by atoms with E-state index in [0.717, 1.165) is 0 Å². The molecule has 33 heavy (non-hydrogen) atoms. The number of hydrogen-bond donors (Lipinski definition) is 1. The summed E-state index contributed by atoms with van der Waals surface area (Å²) in [5.41, 5.74) is -0.0617. The summed E-state index contributed by atoms with van der Waals surface area (Å²) >= 11 is 0. The number of aromatic nitrogens is 1. The first-order chi connectivity index (χ1) is 15.6. The van der Waals surface area contributed by atoms with Gasteiger partial charge in [-0.05, 0) is 56.5 Å². The number of alkyl halides is 3. The summed E-state index contributed by atoms with van der Waals surface area (Å²) < 4.78 is 52.9. The van der Waals surface area contributed by atoms with Gasteiger partial charge in [-0.2, -0.15) is 13.2 Å². The van der Waals surface area contributed by atoms with E-state index < -0.39 is 17.4 Å². The van der Waals surface area contributed by atoms with Gasteiger partial charge in [0.25, 0.3) is 5.91 Å². The van der Waals surface area contributed by atoms with Gasteiger partial charge >= 0.3 is 6.18 Å². The van der Waals surface area contributed by atoms with Crippen LogP contribution in [0, 0.1) is 5.92 Å². The van der Waals surface area contributed by atoms with E-state index >= 15 is 0 Å². The number of piperidine rings is 1. The van der Waals surface area contributed by atoms with E-state index in [1.54, 1.807) is 29.2 Å². The fourth-order valence-corrected chi connectivity index (χ4v) is 5.12. The van der Waals surface area contributed by atoms with Crippen LogP contribution in [0.3, 0.4) is 0 Å². The zero-order valence-electron chi connectivity index (χ0n) is 19.3. The van der Waals surface area contributed by atoms with Crippen LogP contribution in [-0.2, 0) is 18.3 Å². The number of benzene rings is 1. The molecule has 0 bridgehead atoms. The van der Waals surface area contributed by atoms with Crippen molar-refractivity contribution in [2.75, 3.05) is 26.7 Å². The van der Waals surface area contributed by atoms with E-state index in [2.05, 4.69) is 5.32 Å². The molecule has 9 heteroatoms. The first-order valence-corrected chi connectivity index (χ1v) is 11.2. The number of carbonyl (C=O) groups excluding carboxylic acids is 1. The van der Waals surface area contributed by atoms with Crippen LogP contribution in [-0.4, -0.2) is 48.2 Å². The molecule has 1 fully saturated rings. The second-order valence-electron chi connectivity index (χ2n) is 9.09. The van der Waals surface area contributed by atoms with E-state index in [9.17, 15) is 18.0 Å². The number of carbonyl (C=O) groups is 1. The number of rotatable bonds is 4. The Kier molecular flexibility index (Phi) is 6.11. The Morgan fingerprint density at radius 3 is 2.58 bits per heavy atom. The van der Waals surface area contributed by atoms with Crippen LogP contribution in [0.1, 0.15) is 48.9 Å². The lowest BCUT2D eigenvalue weighted by atomic mass is 9.75. The van der Waals surface area contributed by atoms with Crippen LogP contribution in [0.4, 0.5) is 13.2 Å². The van der Waals surface area contributed by atoms with Crippen molar-refractivity contribution in [3.8, 4) is 11.5 Å². The Labute approximate surface area is 191 Å². The molecular formula is C24H30F3N3O3. The molecule has 2 aliphatic heterocycles. The molecule has 1 aromatic heterocycles. The molecule has 1 aromatic carbocycles. The van der Waals surface area contributed by atoms with Crippen LogP contribution < -0.4 is 14.8 Å². The zero-order chi connectivity index (χ0) is 24.0. The standard InChI is InChI=1S/C24H30F3N3O3/c1-15(2)33-18-6-5-17(13-19(18)32-4)22(31)29-11-9-23(16(3)14-29)20-7-8-21(24(25,26)27)30(20)12-10-28-23/h5-8,13,15-16,28H,9-12,14H2,1-4H3. The van der Waals surface area contributed by atoms with Crippen molar-refractivity contribution in [2.45, 2.75) is 51.6 Å². The molecule has 1 N–H and O–H groups in total. The lowest BCUT2D eigenvalue weighted by molar-refractivity contribution is -0.144. The van der Waals surface area contributed by atoms with Crippen LogP contribution in [0.15, 0.2) is 30.3 Å². The summed E-state index contributed by atoms with van der Waals surface area (Å²) in [7, 11) is 1.53. The predicted octanol–water partition coefficient (Wildman–Crippen LogP) is 4.28. The molecule has 1 amide bonds. The number of hydrogen-bond acceptors (Lipinski definition) is 4. The normalized spacial score (nSPS) is 23.0. The number of halogens is 3. The maximum Gasteiger partial charge on any atom is 0.431 e. The number of nitrogens with zero attached hydrogens (tertiary/aromatic N) is 2. The second kappa shape index (κ2) is 8.59. The molecule has 0 saturated carbocycles. The summed E-state index contributed by atoms with van der Waals surface area (Å²) in [5.74, 6) is 0.856. The van der Waals surface area contributed by atoms with Crippen molar-refractivity contribution < 1.29 is 27.4 Å². The highest BCUT2D eigenvalue weighted by Crippen LogP contribution is 2.43. The van der Waals surface area contributed by atoms with Crippen LogP contribution in [0.2, 0.25) is 0 Å². The van der Waals surface area contributed by atoms with E-state index in [4.69, 9.17) is 9.47 Å². The minimum atomic E-state index is -4.39. The van der Waals surface area contributed by atoms with Gasteiger partial charge in [-0.3, -0.25) is 4.79 Å². The Morgan fingerprint density at radius 1 is 1.18 bits per heavy atom. The van der Waals surface area contributed by atoms with Crippen LogP contribution >= 0.6 is 0 Å². The maximum atomic E-state index is 13.5. The monoisotopic (exact) mass is 465 g/mol. The Hall–Kier alpha value is -2.68. The Balaban J connectivity index is 1.55. The van der Waals surface area contributed by atoms with Crippen molar-refractivity contribution in [1.29, 1.82) is 0 Å². The molecule has 1 saturated heterocycles. The molecule has 0 aliphatic carbocycles. The minimum absolute atomic E-state index is 0.0283. The molecule has 1 spiro atoms. The zero-order valence-corrected chi connectivity index (χ0v) is 19.3. The molecule has 4 rings (SSSR count). The van der Waals surface area contributed by atoms with Crippen molar-refractivity contribution in [3.05, 3.63) is 47.3 Å². The molecule has 2 aromatic rings. The fourth-order valence-electron chi connectivity index (χ4n) is 5.12. The number of nitrogens with one attached hydrogen (secondary N) is 1. The third kappa shape index (κ3) is 4.18. The average Bonchev–Trinajstić information content (AvgIpc) is 3.21. The number of methoxy groups -OCH3 is 1. The molecule has 2 atom stereocenters. The van der Waals surface area contributed by atoms with Crippen LogP contribution in [0.5, 0.6) is 11.5 Å². The van der Waals surface area contributed by atoms with Crippen molar-refractivity contribution in [2.24, 2.45) is 5.92 Å². The highest BCUT2D eigenvalue weighted by atomic mass is 19.4. The summed E-state index contributed by atoms with van der Waals surface area (Å²) in [4.78, 5) is 15.0. The fraction of sp³-hybridized carbons (Fsp3) is 0.542. The summed E-state index contributed by atoms with van der Waals surface area (Å²) in [6, 6.07) is 7.88. The Morgan fingerprint density at radius 2 is 1.94 bits per heavy atom. The van der Waals surface area contributed by atoms with Crippen LogP contribution in [0.25, 0.3) is 0 Å². The van der Waals surface area contributed by atoms with Crippen molar-refractivity contribution >= 4 is 5.91 Å². The summed E-state index contributed by atoms with van der Waals surface area (Å²) in [6.07, 6.45) is -3.88. The van der Waals surface area contributed by atoms with Gasteiger partial charge in [-0.25, -0.2) is 0 Å². The quantitative estimate of drug-likeness (QED) is 0.732. The molecule has 3 heterocycles. The van der Waals surface area contributed by atoms with E-state index in [1.165, 1.54) is 17.7 Å². The molecular weight excluding hydrogens is 435 g/mol.